The standard InChI is InChI=1S/C14H18N4O3/c1-18(9-5-7-13(19)20-2)10-12-16-14(17-21-12)11-6-3-4-8-15-11/h3-4,6,8H,5,7,9-10H2,1-2H3. The maximum absolute atomic E-state index is 11.0. The van der Waals surface area contributed by atoms with Crippen molar-refractivity contribution in [3.8, 4) is 11.5 Å². The van der Waals surface area contributed by atoms with Crippen molar-refractivity contribution in [3.63, 3.8) is 0 Å². The molecular formula is C14H18N4O3. The van der Waals surface area contributed by atoms with Crippen molar-refractivity contribution in [3.05, 3.63) is 30.3 Å². The van der Waals surface area contributed by atoms with Crippen LogP contribution in [0.2, 0.25) is 0 Å². The van der Waals surface area contributed by atoms with E-state index in [1.54, 1.807) is 6.20 Å². The van der Waals surface area contributed by atoms with E-state index in [9.17, 15) is 4.79 Å². The average Bonchev–Trinajstić information content (AvgIpc) is 2.96. The summed E-state index contributed by atoms with van der Waals surface area (Å²) < 4.78 is 9.80. The summed E-state index contributed by atoms with van der Waals surface area (Å²) in [7, 11) is 3.32. The highest BCUT2D eigenvalue weighted by Crippen LogP contribution is 2.12. The smallest absolute Gasteiger partial charge is 0.305 e. The second-order valence-electron chi connectivity index (χ2n) is 4.64. The summed E-state index contributed by atoms with van der Waals surface area (Å²) in [5.41, 5.74) is 0.681. The first-order valence-electron chi connectivity index (χ1n) is 6.68. The fraction of sp³-hybridized carbons (Fsp3) is 0.429. The van der Waals surface area contributed by atoms with E-state index in [4.69, 9.17) is 4.52 Å². The monoisotopic (exact) mass is 290 g/mol. The lowest BCUT2D eigenvalue weighted by atomic mass is 10.3. The minimum atomic E-state index is -0.196. The lowest BCUT2D eigenvalue weighted by molar-refractivity contribution is -0.140. The normalized spacial score (nSPS) is 10.8. The van der Waals surface area contributed by atoms with Crippen LogP contribution in [-0.2, 0) is 16.1 Å². The molecule has 0 radical (unpaired) electrons. The van der Waals surface area contributed by atoms with Gasteiger partial charge in [0.1, 0.15) is 5.69 Å². The second kappa shape index (κ2) is 7.49. The zero-order valence-electron chi connectivity index (χ0n) is 12.2. The van der Waals surface area contributed by atoms with Crippen molar-refractivity contribution in [1.82, 2.24) is 20.0 Å². The Labute approximate surface area is 122 Å². The summed E-state index contributed by atoms with van der Waals surface area (Å²) in [5, 5.41) is 3.91. The van der Waals surface area contributed by atoms with Gasteiger partial charge in [0.15, 0.2) is 0 Å². The fourth-order valence-electron chi connectivity index (χ4n) is 1.82. The number of methoxy groups -OCH3 is 1. The van der Waals surface area contributed by atoms with Crippen molar-refractivity contribution in [2.75, 3.05) is 20.7 Å². The quantitative estimate of drug-likeness (QED) is 0.715. The number of carbonyl (C=O) groups excluding carboxylic acids is 1. The molecule has 0 aromatic carbocycles. The number of aromatic nitrogens is 3. The van der Waals surface area contributed by atoms with Crippen molar-refractivity contribution >= 4 is 5.97 Å². The van der Waals surface area contributed by atoms with Crippen LogP contribution in [0.5, 0.6) is 0 Å². The molecule has 0 amide bonds. The number of hydrogen-bond donors (Lipinski definition) is 0. The molecule has 0 aliphatic carbocycles. The fourth-order valence-corrected chi connectivity index (χ4v) is 1.82. The SMILES string of the molecule is COC(=O)CCCN(C)Cc1nc(-c2ccccn2)no1. The predicted molar refractivity (Wildman–Crippen MR) is 75.1 cm³/mol. The molecule has 0 atom stereocenters. The summed E-state index contributed by atoms with van der Waals surface area (Å²) in [6.07, 6.45) is 2.82. The molecule has 0 saturated heterocycles. The van der Waals surface area contributed by atoms with E-state index in [-0.39, 0.29) is 5.97 Å². The van der Waals surface area contributed by atoms with Gasteiger partial charge in [0.05, 0.1) is 13.7 Å². The van der Waals surface area contributed by atoms with E-state index < -0.39 is 0 Å². The maximum atomic E-state index is 11.0. The molecule has 0 spiro atoms. The molecular weight excluding hydrogens is 272 g/mol. The van der Waals surface area contributed by atoms with Crippen LogP contribution in [0.25, 0.3) is 11.5 Å². The van der Waals surface area contributed by atoms with Gasteiger partial charge in [-0.05, 0) is 32.1 Å². The first-order valence-corrected chi connectivity index (χ1v) is 6.68. The third-order valence-corrected chi connectivity index (χ3v) is 2.92. The zero-order chi connectivity index (χ0) is 15.1. The molecule has 0 saturated carbocycles. The first-order chi connectivity index (χ1) is 10.2. The van der Waals surface area contributed by atoms with Gasteiger partial charge in [-0.25, -0.2) is 0 Å². The van der Waals surface area contributed by atoms with Gasteiger partial charge in [-0.1, -0.05) is 11.2 Å². The molecule has 2 aromatic heterocycles. The largest absolute Gasteiger partial charge is 0.469 e. The maximum Gasteiger partial charge on any atom is 0.305 e. The molecule has 0 fully saturated rings. The number of ether oxygens (including phenoxy) is 1. The van der Waals surface area contributed by atoms with Crippen LogP contribution in [-0.4, -0.2) is 46.7 Å². The third-order valence-electron chi connectivity index (χ3n) is 2.92. The molecule has 7 heteroatoms. The van der Waals surface area contributed by atoms with Crippen LogP contribution < -0.4 is 0 Å². The van der Waals surface area contributed by atoms with Crippen LogP contribution in [0.15, 0.2) is 28.9 Å². The number of nitrogens with zero attached hydrogens (tertiary/aromatic N) is 4. The van der Waals surface area contributed by atoms with Crippen molar-refractivity contribution < 1.29 is 14.1 Å². The molecule has 0 aliphatic rings. The number of pyridine rings is 1. The molecule has 0 aliphatic heterocycles. The van der Waals surface area contributed by atoms with E-state index in [2.05, 4.69) is 19.9 Å². The Balaban J connectivity index is 1.83. The van der Waals surface area contributed by atoms with Gasteiger partial charge in [0.2, 0.25) is 11.7 Å². The summed E-state index contributed by atoms with van der Waals surface area (Å²) in [6, 6.07) is 5.53. The van der Waals surface area contributed by atoms with E-state index in [0.29, 0.717) is 30.4 Å². The van der Waals surface area contributed by atoms with E-state index in [0.717, 1.165) is 13.0 Å². The van der Waals surface area contributed by atoms with Crippen LogP contribution >= 0.6 is 0 Å². The molecule has 0 N–H and O–H groups in total. The van der Waals surface area contributed by atoms with Crippen LogP contribution in [0.1, 0.15) is 18.7 Å². The number of rotatable bonds is 7. The van der Waals surface area contributed by atoms with E-state index in [1.807, 2.05) is 30.1 Å². The van der Waals surface area contributed by atoms with Crippen molar-refractivity contribution in [2.45, 2.75) is 19.4 Å². The highest BCUT2D eigenvalue weighted by Gasteiger charge is 2.11. The molecule has 7 nitrogen and oxygen atoms in total. The van der Waals surface area contributed by atoms with Gasteiger partial charge < -0.3 is 9.26 Å². The molecule has 112 valence electrons. The summed E-state index contributed by atoms with van der Waals surface area (Å²) in [5.74, 6) is 0.809. The Morgan fingerprint density at radius 2 is 2.29 bits per heavy atom. The Morgan fingerprint density at radius 1 is 1.43 bits per heavy atom. The average molecular weight is 290 g/mol. The molecule has 2 rings (SSSR count). The highest BCUT2D eigenvalue weighted by molar-refractivity contribution is 5.69. The predicted octanol–water partition coefficient (Wildman–Crippen LogP) is 1.52. The lowest BCUT2D eigenvalue weighted by Gasteiger charge is -2.12. The molecule has 0 bridgehead atoms. The van der Waals surface area contributed by atoms with E-state index >= 15 is 0 Å². The summed E-state index contributed by atoms with van der Waals surface area (Å²) in [6.45, 7) is 1.28. The van der Waals surface area contributed by atoms with Crippen LogP contribution in [0.3, 0.4) is 0 Å². The second-order valence-corrected chi connectivity index (χ2v) is 4.64. The number of esters is 1. The molecule has 0 unspecified atom stereocenters. The van der Waals surface area contributed by atoms with Crippen LogP contribution in [0.4, 0.5) is 0 Å². The zero-order valence-corrected chi connectivity index (χ0v) is 12.2. The van der Waals surface area contributed by atoms with Gasteiger partial charge in [0.25, 0.3) is 0 Å². The Hall–Kier alpha value is -2.28. The van der Waals surface area contributed by atoms with Gasteiger partial charge >= 0.3 is 5.97 Å². The Bertz CT molecular complexity index is 571. The summed E-state index contributed by atoms with van der Waals surface area (Å²) >= 11 is 0. The minimum absolute atomic E-state index is 0.196. The Morgan fingerprint density at radius 3 is 3.00 bits per heavy atom. The van der Waals surface area contributed by atoms with Crippen molar-refractivity contribution in [1.29, 1.82) is 0 Å². The topological polar surface area (TPSA) is 81.4 Å². The van der Waals surface area contributed by atoms with E-state index in [1.165, 1.54) is 7.11 Å². The third kappa shape index (κ3) is 4.64. The highest BCUT2D eigenvalue weighted by atomic mass is 16.5. The first kappa shape index (κ1) is 15.1. The summed E-state index contributed by atoms with van der Waals surface area (Å²) in [4.78, 5) is 21.5. The number of carbonyl (C=O) groups is 1. The van der Waals surface area contributed by atoms with Gasteiger partial charge in [0, 0.05) is 12.6 Å². The van der Waals surface area contributed by atoms with Gasteiger partial charge in [-0.3, -0.25) is 14.7 Å². The minimum Gasteiger partial charge on any atom is -0.469 e. The lowest BCUT2D eigenvalue weighted by Crippen LogP contribution is -2.20. The molecule has 2 heterocycles. The molecule has 21 heavy (non-hydrogen) atoms. The molecule has 2 aromatic rings. The Kier molecular flexibility index (Phi) is 5.39. The van der Waals surface area contributed by atoms with Crippen molar-refractivity contribution in [2.24, 2.45) is 0 Å². The van der Waals surface area contributed by atoms with Gasteiger partial charge in [-0.2, -0.15) is 4.98 Å². The van der Waals surface area contributed by atoms with Gasteiger partial charge in [-0.15, -0.1) is 0 Å². The number of hydrogen-bond acceptors (Lipinski definition) is 7. The van der Waals surface area contributed by atoms with Crippen LogP contribution in [0, 0.1) is 0 Å².